The first-order valence-corrected chi connectivity index (χ1v) is 11.4. The molecule has 2 heterocycles. The molecule has 168 valence electrons. The standard InChI is InChI=1S/C21H18N6O5S/c28-19(12-1-2-12)27-20-24-16-8-5-14(11-17(16)25-20)32-33(30,31)15-6-3-13(4-7-15)23-18-9-10-22-21(29)26-18/h3-12H,1-2H2,(H2,22,23,26,29)(H2,24,25,27,28). The van der Waals surface area contributed by atoms with Gasteiger partial charge in [0.25, 0.3) is 0 Å². The van der Waals surface area contributed by atoms with Gasteiger partial charge in [0.2, 0.25) is 11.9 Å². The Kier molecular flexibility index (Phi) is 5.05. The van der Waals surface area contributed by atoms with Gasteiger partial charge in [0, 0.05) is 23.9 Å². The summed E-state index contributed by atoms with van der Waals surface area (Å²) in [7, 11) is -4.09. The second-order valence-electron chi connectivity index (χ2n) is 7.50. The number of nitrogens with zero attached hydrogens (tertiary/aromatic N) is 2. The molecule has 0 saturated heterocycles. The molecule has 4 N–H and O–H groups in total. The maximum absolute atomic E-state index is 12.7. The predicted molar refractivity (Wildman–Crippen MR) is 120 cm³/mol. The van der Waals surface area contributed by atoms with Crippen LogP contribution in [0, 0.1) is 5.92 Å². The highest BCUT2D eigenvalue weighted by molar-refractivity contribution is 7.87. The summed E-state index contributed by atoms with van der Waals surface area (Å²) >= 11 is 0. The average molecular weight is 466 g/mol. The van der Waals surface area contributed by atoms with Crippen LogP contribution in [0.1, 0.15) is 12.8 Å². The van der Waals surface area contributed by atoms with E-state index in [9.17, 15) is 18.0 Å². The van der Waals surface area contributed by atoms with Crippen molar-refractivity contribution in [3.8, 4) is 5.75 Å². The lowest BCUT2D eigenvalue weighted by atomic mass is 10.3. The fraction of sp³-hybridized carbons (Fsp3) is 0.143. The second-order valence-corrected chi connectivity index (χ2v) is 9.05. The van der Waals surface area contributed by atoms with Gasteiger partial charge in [0.1, 0.15) is 16.5 Å². The van der Waals surface area contributed by atoms with Gasteiger partial charge in [-0.15, -0.1) is 0 Å². The van der Waals surface area contributed by atoms with Gasteiger partial charge < -0.3 is 14.5 Å². The number of benzene rings is 2. The zero-order valence-electron chi connectivity index (χ0n) is 17.0. The molecule has 2 aromatic heterocycles. The maximum atomic E-state index is 12.7. The van der Waals surface area contributed by atoms with Crippen LogP contribution < -0.4 is 20.5 Å². The monoisotopic (exact) mass is 466 g/mol. The zero-order valence-corrected chi connectivity index (χ0v) is 17.8. The first kappa shape index (κ1) is 20.7. The molecule has 12 heteroatoms. The minimum atomic E-state index is -4.09. The Morgan fingerprint density at radius 2 is 1.85 bits per heavy atom. The van der Waals surface area contributed by atoms with Gasteiger partial charge in [-0.05, 0) is 55.3 Å². The first-order valence-electron chi connectivity index (χ1n) is 10.0. The van der Waals surface area contributed by atoms with Crippen LogP contribution in [0.5, 0.6) is 5.75 Å². The molecular formula is C21H18N6O5S. The van der Waals surface area contributed by atoms with Crippen molar-refractivity contribution in [3.63, 3.8) is 0 Å². The fourth-order valence-electron chi connectivity index (χ4n) is 3.14. The molecule has 5 rings (SSSR count). The van der Waals surface area contributed by atoms with Crippen LogP contribution in [-0.4, -0.2) is 34.3 Å². The number of carbonyl (C=O) groups is 1. The number of anilines is 3. The minimum absolute atomic E-state index is 0.0378. The molecule has 4 aromatic rings. The molecule has 1 amide bonds. The average Bonchev–Trinajstić information content (AvgIpc) is 3.55. The summed E-state index contributed by atoms with van der Waals surface area (Å²) in [5.74, 6) is 0.780. The molecule has 2 aromatic carbocycles. The normalized spacial score (nSPS) is 13.6. The summed E-state index contributed by atoms with van der Waals surface area (Å²) in [5, 5.41) is 5.67. The Labute approximate surface area is 187 Å². The largest absolute Gasteiger partial charge is 0.379 e. The number of aromatic amines is 2. The zero-order chi connectivity index (χ0) is 23.0. The van der Waals surface area contributed by atoms with Crippen LogP contribution in [0.15, 0.2) is 64.4 Å². The lowest BCUT2D eigenvalue weighted by molar-refractivity contribution is -0.117. The third kappa shape index (κ3) is 4.70. The molecule has 1 saturated carbocycles. The summed E-state index contributed by atoms with van der Waals surface area (Å²) in [6, 6.07) is 12.0. The third-order valence-corrected chi connectivity index (χ3v) is 6.21. The topological polar surface area (TPSA) is 159 Å². The Hall–Kier alpha value is -4.19. The molecule has 1 aliphatic carbocycles. The van der Waals surface area contributed by atoms with Crippen LogP contribution in [0.2, 0.25) is 0 Å². The number of aromatic nitrogens is 4. The van der Waals surface area contributed by atoms with E-state index in [1.807, 2.05) is 0 Å². The van der Waals surface area contributed by atoms with Crippen LogP contribution in [0.4, 0.5) is 17.5 Å². The Bertz CT molecular complexity index is 1510. The number of hydrogen-bond acceptors (Lipinski definition) is 8. The van der Waals surface area contributed by atoms with Crippen molar-refractivity contribution < 1.29 is 17.4 Å². The molecular weight excluding hydrogens is 448 g/mol. The highest BCUT2D eigenvalue weighted by Crippen LogP contribution is 2.30. The number of fused-ring (bicyclic) bond motifs is 1. The van der Waals surface area contributed by atoms with E-state index >= 15 is 0 Å². The van der Waals surface area contributed by atoms with E-state index < -0.39 is 15.8 Å². The molecule has 1 fully saturated rings. The summed E-state index contributed by atoms with van der Waals surface area (Å²) in [6.45, 7) is 0. The van der Waals surface area contributed by atoms with Gasteiger partial charge in [-0.1, -0.05) is 0 Å². The Balaban J connectivity index is 1.30. The van der Waals surface area contributed by atoms with Crippen molar-refractivity contribution in [1.82, 2.24) is 19.9 Å². The quantitative estimate of drug-likeness (QED) is 0.302. The smallest absolute Gasteiger partial charge is 0.346 e. The molecule has 11 nitrogen and oxygen atoms in total. The van der Waals surface area contributed by atoms with E-state index in [0.29, 0.717) is 28.5 Å². The van der Waals surface area contributed by atoms with Gasteiger partial charge in [-0.3, -0.25) is 15.1 Å². The summed E-state index contributed by atoms with van der Waals surface area (Å²) in [6.07, 6.45) is 3.11. The molecule has 0 bridgehead atoms. The van der Waals surface area contributed by atoms with E-state index in [1.165, 1.54) is 30.5 Å². The van der Waals surface area contributed by atoms with E-state index in [1.54, 1.807) is 24.3 Å². The number of carbonyl (C=O) groups excluding carboxylic acids is 1. The SMILES string of the molecule is O=C(Nc1nc2ccc(OS(=O)(=O)c3ccc(Nc4ccnc(=O)[nH]4)cc3)cc2[nH]1)C1CC1. The van der Waals surface area contributed by atoms with Gasteiger partial charge in [0.05, 0.1) is 11.0 Å². The summed E-state index contributed by atoms with van der Waals surface area (Å²) in [5.41, 5.74) is 1.16. The number of imidazole rings is 1. The second kappa shape index (κ2) is 8.06. The molecule has 1 aliphatic rings. The Morgan fingerprint density at radius 1 is 1.06 bits per heavy atom. The van der Waals surface area contributed by atoms with Crippen molar-refractivity contribution in [1.29, 1.82) is 0 Å². The van der Waals surface area contributed by atoms with Crippen molar-refractivity contribution in [3.05, 3.63) is 65.2 Å². The molecule has 0 spiro atoms. The van der Waals surface area contributed by atoms with Gasteiger partial charge in [-0.25, -0.2) is 14.8 Å². The van der Waals surface area contributed by atoms with Crippen molar-refractivity contribution in [2.75, 3.05) is 10.6 Å². The molecule has 0 radical (unpaired) electrons. The van der Waals surface area contributed by atoms with Gasteiger partial charge in [-0.2, -0.15) is 8.42 Å². The first-order chi connectivity index (χ1) is 15.9. The highest BCUT2D eigenvalue weighted by atomic mass is 32.2. The number of amides is 1. The van der Waals surface area contributed by atoms with E-state index in [4.69, 9.17) is 4.18 Å². The fourth-order valence-corrected chi connectivity index (χ4v) is 4.06. The predicted octanol–water partition coefficient (Wildman–Crippen LogP) is 2.51. The molecule has 33 heavy (non-hydrogen) atoms. The van der Waals surface area contributed by atoms with E-state index in [2.05, 4.69) is 30.6 Å². The summed E-state index contributed by atoms with van der Waals surface area (Å²) in [4.78, 5) is 36.4. The van der Waals surface area contributed by atoms with Crippen molar-refractivity contribution in [2.45, 2.75) is 17.7 Å². The van der Waals surface area contributed by atoms with Gasteiger partial charge in [0.15, 0.2) is 0 Å². The van der Waals surface area contributed by atoms with Crippen LogP contribution in [0.3, 0.4) is 0 Å². The molecule has 0 unspecified atom stereocenters. The van der Waals surface area contributed by atoms with Crippen molar-refractivity contribution >= 4 is 44.5 Å². The van der Waals surface area contributed by atoms with E-state index in [0.717, 1.165) is 12.8 Å². The third-order valence-electron chi connectivity index (χ3n) is 4.95. The van der Waals surface area contributed by atoms with E-state index in [-0.39, 0.29) is 22.5 Å². The van der Waals surface area contributed by atoms with Gasteiger partial charge >= 0.3 is 15.8 Å². The Morgan fingerprint density at radius 3 is 2.58 bits per heavy atom. The van der Waals surface area contributed by atoms with Crippen molar-refractivity contribution in [2.24, 2.45) is 5.92 Å². The number of H-pyrrole nitrogens is 2. The highest BCUT2D eigenvalue weighted by Gasteiger charge is 2.30. The maximum Gasteiger partial charge on any atom is 0.346 e. The lowest BCUT2D eigenvalue weighted by Gasteiger charge is -2.09. The molecule has 0 aliphatic heterocycles. The van der Waals surface area contributed by atoms with Crippen LogP contribution >= 0.6 is 0 Å². The number of hydrogen-bond donors (Lipinski definition) is 4. The van der Waals surface area contributed by atoms with Crippen LogP contribution in [0.25, 0.3) is 11.0 Å². The lowest BCUT2D eigenvalue weighted by Crippen LogP contribution is -2.14. The molecule has 0 atom stereocenters. The minimum Gasteiger partial charge on any atom is -0.379 e. The summed E-state index contributed by atoms with van der Waals surface area (Å²) < 4.78 is 30.7. The number of rotatable bonds is 7. The number of nitrogens with one attached hydrogen (secondary N) is 4. The van der Waals surface area contributed by atoms with Crippen LogP contribution in [-0.2, 0) is 14.9 Å².